The van der Waals surface area contributed by atoms with E-state index in [1.807, 2.05) is 18.2 Å². The summed E-state index contributed by atoms with van der Waals surface area (Å²) in [5, 5.41) is 11.0. The summed E-state index contributed by atoms with van der Waals surface area (Å²) in [5.74, 6) is -1.72. The number of halogens is 2. The first-order valence-corrected chi connectivity index (χ1v) is 16.3. The van der Waals surface area contributed by atoms with Crippen LogP contribution in [-0.4, -0.2) is 51.7 Å². The second-order valence-electron chi connectivity index (χ2n) is 11.4. The van der Waals surface area contributed by atoms with Crippen LogP contribution < -0.4 is 14.3 Å². The van der Waals surface area contributed by atoms with E-state index in [1.54, 1.807) is 37.1 Å². The Hall–Kier alpha value is -2.99. The number of amides is 2. The topological polar surface area (TPSA) is 126 Å². The molecule has 3 aromatic rings. The molecule has 7 rings (SSSR count). The number of carbonyl (C=O) groups is 3. The smallest absolute Gasteiger partial charge is 0.305 e. The van der Waals surface area contributed by atoms with Gasteiger partial charge in [-0.3, -0.25) is 24.1 Å². The van der Waals surface area contributed by atoms with Gasteiger partial charge in [0.05, 0.1) is 30.4 Å². The van der Waals surface area contributed by atoms with Gasteiger partial charge in [0.2, 0.25) is 11.8 Å². The van der Waals surface area contributed by atoms with Crippen molar-refractivity contribution < 1.29 is 29.0 Å². The van der Waals surface area contributed by atoms with Crippen molar-refractivity contribution >= 4 is 64.1 Å². The summed E-state index contributed by atoms with van der Waals surface area (Å²) in [7, 11) is 1.57. The average Bonchev–Trinajstić information content (AvgIpc) is 3.70. The maximum absolute atomic E-state index is 13.5. The molecule has 2 saturated carbocycles. The van der Waals surface area contributed by atoms with E-state index in [0.29, 0.717) is 21.5 Å². The molecule has 2 aromatic carbocycles. The molecule has 1 saturated heterocycles. The van der Waals surface area contributed by atoms with E-state index >= 15 is 0 Å². The third-order valence-electron chi connectivity index (χ3n) is 9.31. The molecule has 7 unspecified atom stereocenters. The Labute approximate surface area is 264 Å². The lowest BCUT2D eigenvalue weighted by Crippen LogP contribution is -2.42. The van der Waals surface area contributed by atoms with E-state index in [2.05, 4.69) is 4.98 Å². The van der Waals surface area contributed by atoms with Gasteiger partial charge in [-0.25, -0.2) is 0 Å². The Bertz CT molecular complexity index is 1720. The second-order valence-corrected chi connectivity index (χ2v) is 14.4. The number of rotatable bonds is 8. The number of carboxylic acids is 1. The molecule has 2 amide bonds. The molecule has 2 aliphatic carbocycles. The van der Waals surface area contributed by atoms with Crippen LogP contribution in [0, 0.1) is 29.6 Å². The van der Waals surface area contributed by atoms with Crippen LogP contribution in [0.3, 0.4) is 0 Å². The van der Waals surface area contributed by atoms with Crippen LogP contribution in [0.5, 0.6) is 11.5 Å². The highest BCUT2D eigenvalue weighted by atomic mass is 35.5. The molecule has 2 N–H and O–H groups in total. The van der Waals surface area contributed by atoms with Crippen LogP contribution in [-0.2, 0) is 21.0 Å². The van der Waals surface area contributed by atoms with Gasteiger partial charge in [-0.2, -0.15) is 0 Å². The van der Waals surface area contributed by atoms with Crippen LogP contribution in [0.2, 0.25) is 10.0 Å². The van der Waals surface area contributed by atoms with Gasteiger partial charge in [-0.05, 0) is 54.0 Å². The third-order valence-corrected chi connectivity index (χ3v) is 12.5. The summed E-state index contributed by atoms with van der Waals surface area (Å²) in [6, 6.07) is 11.0. The Morgan fingerprint density at radius 1 is 1.07 bits per heavy atom. The number of thiazole rings is 1. The number of carbonyl (C=O) groups excluding carboxylic acids is 2. The number of methoxy groups -OCH3 is 1. The standard InChI is InChI=1S/C30H26Cl2N2O7S2/c1-40-19-8-12(3-5-18(19)41-11-13-2-4-14(31)9-17(13)32)21-22-15-10-16(25(22)42-27-26(21)43-30(39)33-27)24-23(15)28(37)34(29(24)38)7-6-20(35)36/h2-5,8-9,15-16,21-25H,6-7,10-11H2,1H3,(H,33,39)(H,35,36). The van der Waals surface area contributed by atoms with Crippen molar-refractivity contribution in [3.8, 4) is 11.5 Å². The number of thioether (sulfide) groups is 1. The van der Waals surface area contributed by atoms with E-state index in [1.165, 1.54) is 16.2 Å². The summed E-state index contributed by atoms with van der Waals surface area (Å²) in [5.41, 5.74) is 1.71. The monoisotopic (exact) mass is 660 g/mol. The van der Waals surface area contributed by atoms with Crippen molar-refractivity contribution in [1.82, 2.24) is 9.88 Å². The van der Waals surface area contributed by atoms with Crippen LogP contribution in [0.15, 0.2) is 46.2 Å². The van der Waals surface area contributed by atoms with Crippen molar-refractivity contribution in [1.29, 1.82) is 0 Å². The number of H-pyrrole nitrogens is 1. The van der Waals surface area contributed by atoms with Gasteiger partial charge in [0.15, 0.2) is 11.5 Å². The number of aromatic amines is 1. The van der Waals surface area contributed by atoms with Crippen LogP contribution in [0.1, 0.15) is 34.8 Å². The van der Waals surface area contributed by atoms with Crippen molar-refractivity contribution in [2.45, 2.75) is 35.6 Å². The van der Waals surface area contributed by atoms with Gasteiger partial charge < -0.3 is 19.6 Å². The number of likely N-dealkylation sites (tertiary alicyclic amines) is 1. The second kappa shape index (κ2) is 10.9. The highest BCUT2D eigenvalue weighted by Gasteiger charge is 2.69. The Morgan fingerprint density at radius 3 is 2.56 bits per heavy atom. The quantitative estimate of drug-likeness (QED) is 0.313. The largest absolute Gasteiger partial charge is 0.493 e. The summed E-state index contributed by atoms with van der Waals surface area (Å²) >= 11 is 15.1. The van der Waals surface area contributed by atoms with Gasteiger partial charge in [0.1, 0.15) is 6.61 Å². The molecule has 13 heteroatoms. The molecule has 1 aromatic heterocycles. The zero-order valence-electron chi connectivity index (χ0n) is 22.8. The lowest BCUT2D eigenvalue weighted by molar-refractivity contribution is -0.142. The Morgan fingerprint density at radius 2 is 1.84 bits per heavy atom. The minimum atomic E-state index is -1.05. The zero-order chi connectivity index (χ0) is 30.2. The summed E-state index contributed by atoms with van der Waals surface area (Å²) in [6.07, 6.45) is 0.477. The first-order chi connectivity index (χ1) is 20.7. The van der Waals surface area contributed by atoms with Crippen LogP contribution in [0.4, 0.5) is 0 Å². The molecule has 4 aliphatic rings. The zero-order valence-corrected chi connectivity index (χ0v) is 25.9. The molecular weight excluding hydrogens is 635 g/mol. The molecule has 224 valence electrons. The Kier molecular flexibility index (Phi) is 7.27. The molecule has 0 spiro atoms. The number of nitrogens with one attached hydrogen (secondary N) is 1. The van der Waals surface area contributed by atoms with Crippen LogP contribution in [0.25, 0.3) is 0 Å². The number of hydrogen-bond donors (Lipinski definition) is 2. The van der Waals surface area contributed by atoms with E-state index in [9.17, 15) is 19.2 Å². The van der Waals surface area contributed by atoms with Crippen molar-refractivity contribution in [3.63, 3.8) is 0 Å². The number of carboxylic acid groups (broad SMARTS) is 1. The fourth-order valence-corrected chi connectivity index (χ4v) is 11.0. The third kappa shape index (κ3) is 4.67. The minimum absolute atomic E-state index is 0.00993. The van der Waals surface area contributed by atoms with Gasteiger partial charge >= 0.3 is 10.8 Å². The molecule has 3 fully saturated rings. The maximum atomic E-state index is 13.5. The van der Waals surface area contributed by atoms with Crippen molar-refractivity contribution in [2.24, 2.45) is 29.6 Å². The number of aliphatic carboxylic acids is 1. The van der Waals surface area contributed by atoms with E-state index in [4.69, 9.17) is 37.8 Å². The van der Waals surface area contributed by atoms with Crippen LogP contribution >= 0.6 is 46.3 Å². The summed E-state index contributed by atoms with van der Waals surface area (Å²) in [4.78, 5) is 55.6. The Balaban J connectivity index is 1.22. The van der Waals surface area contributed by atoms with Gasteiger partial charge in [0.25, 0.3) is 0 Å². The van der Waals surface area contributed by atoms with E-state index in [0.717, 1.165) is 27.5 Å². The molecule has 3 heterocycles. The van der Waals surface area contributed by atoms with Crippen molar-refractivity contribution in [3.05, 3.63) is 72.1 Å². The summed E-state index contributed by atoms with van der Waals surface area (Å²) < 4.78 is 11.8. The first-order valence-electron chi connectivity index (χ1n) is 13.9. The van der Waals surface area contributed by atoms with Gasteiger partial charge in [-0.15, -0.1) is 11.8 Å². The highest BCUT2D eigenvalue weighted by Crippen LogP contribution is 2.68. The number of ether oxygens (including phenoxy) is 2. The number of aromatic nitrogens is 1. The number of imide groups is 1. The normalized spacial score (nSPS) is 28.5. The number of benzene rings is 2. The predicted octanol–water partition coefficient (Wildman–Crippen LogP) is 5.28. The molecule has 7 atom stereocenters. The van der Waals surface area contributed by atoms with Gasteiger partial charge in [0, 0.05) is 38.2 Å². The molecule has 43 heavy (non-hydrogen) atoms. The lowest BCUT2D eigenvalue weighted by Gasteiger charge is -2.43. The maximum Gasteiger partial charge on any atom is 0.305 e. The summed E-state index contributed by atoms with van der Waals surface area (Å²) in [6.45, 7) is 0.104. The number of fused-ring (bicyclic) bond motifs is 9. The fraction of sp³-hybridized carbons (Fsp3) is 0.400. The molecule has 0 radical (unpaired) electrons. The fourth-order valence-electron chi connectivity index (χ4n) is 7.67. The average molecular weight is 662 g/mol. The molecular formula is C30H26Cl2N2O7S2. The van der Waals surface area contributed by atoms with Gasteiger partial charge in [-0.1, -0.05) is 46.7 Å². The van der Waals surface area contributed by atoms with E-state index < -0.39 is 17.8 Å². The number of nitrogens with zero attached hydrogens (tertiary/aromatic N) is 1. The first kappa shape index (κ1) is 28.8. The minimum Gasteiger partial charge on any atom is -0.493 e. The molecule has 2 aliphatic heterocycles. The SMILES string of the molecule is COc1cc(C2c3sc(=O)[nH]c3SC3C4CC(C5C(=O)N(CCC(=O)O)C(=O)C45)C23)ccc1OCc1ccc(Cl)cc1Cl. The molecule has 2 bridgehead atoms. The highest BCUT2D eigenvalue weighted by molar-refractivity contribution is 8.00. The van der Waals surface area contributed by atoms with E-state index in [-0.39, 0.29) is 65.2 Å². The number of hydrogen-bond acceptors (Lipinski definition) is 8. The lowest BCUT2D eigenvalue weighted by atomic mass is 9.68. The van der Waals surface area contributed by atoms with Crippen molar-refractivity contribution in [2.75, 3.05) is 13.7 Å². The predicted molar refractivity (Wildman–Crippen MR) is 161 cm³/mol. The molecule has 9 nitrogen and oxygen atoms in total.